The second kappa shape index (κ2) is 5.50. The molecule has 1 unspecified atom stereocenters. The van der Waals surface area contributed by atoms with Crippen molar-refractivity contribution in [3.8, 4) is 5.75 Å². The molecule has 0 fully saturated rings. The molecule has 3 aromatic carbocycles. The molecule has 3 heteroatoms. The van der Waals surface area contributed by atoms with Crippen LogP contribution in [0.1, 0.15) is 18.1 Å². The van der Waals surface area contributed by atoms with Crippen molar-refractivity contribution >= 4 is 28.5 Å². The van der Waals surface area contributed by atoms with Crippen molar-refractivity contribution in [2.75, 3.05) is 0 Å². The van der Waals surface area contributed by atoms with Crippen molar-refractivity contribution in [2.24, 2.45) is 0 Å². The lowest BCUT2D eigenvalue weighted by Crippen LogP contribution is -2.30. The molecular formula is C19H16O2S. The molecule has 0 heterocycles. The van der Waals surface area contributed by atoms with Gasteiger partial charge in [0, 0.05) is 0 Å². The summed E-state index contributed by atoms with van der Waals surface area (Å²) in [7, 11) is 0. The first-order valence-electron chi connectivity index (χ1n) is 7.04. The van der Waals surface area contributed by atoms with Crippen LogP contribution < -0.4 is 0 Å². The van der Waals surface area contributed by atoms with Gasteiger partial charge in [-0.05, 0) is 47.0 Å². The van der Waals surface area contributed by atoms with E-state index in [1.165, 1.54) is 0 Å². The van der Waals surface area contributed by atoms with Gasteiger partial charge in [-0.1, -0.05) is 48.5 Å². The maximum atomic E-state index is 12.3. The van der Waals surface area contributed by atoms with Crippen LogP contribution in [0, 0.1) is 0 Å². The first-order valence-corrected chi connectivity index (χ1v) is 7.49. The molecule has 0 spiro atoms. The standard InChI is InChI=1S/C19H16O2S/c1-19(18(21)22,15-5-3-2-4-6-15)16-9-7-14-12-17(20)10-8-13(14)11-16/h2-12,20H,1H3,(H,21,22). The number of rotatable bonds is 3. The molecule has 0 aliphatic heterocycles. The van der Waals surface area contributed by atoms with Crippen LogP contribution in [0.3, 0.4) is 0 Å². The molecule has 0 aromatic heterocycles. The summed E-state index contributed by atoms with van der Waals surface area (Å²) in [5, 5.41) is 11.3. The molecule has 0 aliphatic rings. The van der Waals surface area contributed by atoms with Crippen LogP contribution in [0.2, 0.25) is 0 Å². The summed E-state index contributed by atoms with van der Waals surface area (Å²) in [4.78, 5) is 12.3. The van der Waals surface area contributed by atoms with E-state index in [4.69, 9.17) is 0 Å². The van der Waals surface area contributed by atoms with Crippen LogP contribution >= 0.6 is 12.6 Å². The zero-order valence-corrected chi connectivity index (χ0v) is 13.0. The summed E-state index contributed by atoms with van der Waals surface area (Å²) in [5.74, 6) is 0.233. The van der Waals surface area contributed by atoms with E-state index in [0.717, 1.165) is 21.9 Å². The summed E-state index contributed by atoms with van der Waals surface area (Å²) in [5.41, 5.74) is 0.987. The van der Waals surface area contributed by atoms with E-state index in [-0.39, 0.29) is 10.9 Å². The Morgan fingerprint density at radius 1 is 0.909 bits per heavy atom. The van der Waals surface area contributed by atoms with Gasteiger partial charge in [0.1, 0.15) is 5.75 Å². The van der Waals surface area contributed by atoms with Crippen LogP contribution in [0.4, 0.5) is 0 Å². The predicted octanol–water partition coefficient (Wildman–Crippen LogP) is 4.31. The molecular weight excluding hydrogens is 292 g/mol. The predicted molar refractivity (Wildman–Crippen MR) is 92.5 cm³/mol. The van der Waals surface area contributed by atoms with Crippen LogP contribution in [-0.2, 0) is 10.2 Å². The summed E-state index contributed by atoms with van der Waals surface area (Å²) in [6.07, 6.45) is 0. The third kappa shape index (κ3) is 2.38. The van der Waals surface area contributed by atoms with Gasteiger partial charge in [0.05, 0.1) is 5.41 Å². The zero-order valence-electron chi connectivity index (χ0n) is 12.2. The Morgan fingerprint density at radius 2 is 1.55 bits per heavy atom. The van der Waals surface area contributed by atoms with Crippen molar-refractivity contribution in [3.63, 3.8) is 0 Å². The van der Waals surface area contributed by atoms with E-state index >= 15 is 0 Å². The van der Waals surface area contributed by atoms with Gasteiger partial charge >= 0.3 is 0 Å². The largest absolute Gasteiger partial charge is 0.508 e. The highest BCUT2D eigenvalue weighted by atomic mass is 32.1. The highest BCUT2D eigenvalue weighted by molar-refractivity contribution is 7.96. The number of hydrogen-bond donors (Lipinski definition) is 2. The van der Waals surface area contributed by atoms with E-state index in [1.54, 1.807) is 12.1 Å². The highest BCUT2D eigenvalue weighted by Gasteiger charge is 2.34. The molecule has 0 amide bonds. The van der Waals surface area contributed by atoms with Gasteiger partial charge < -0.3 is 5.11 Å². The Hall–Kier alpha value is -2.26. The van der Waals surface area contributed by atoms with Crippen molar-refractivity contribution in [3.05, 3.63) is 77.9 Å². The second-order valence-corrected chi connectivity index (χ2v) is 5.95. The average molecular weight is 308 g/mol. The third-order valence-corrected chi connectivity index (χ3v) is 4.63. The second-order valence-electron chi connectivity index (χ2n) is 5.54. The normalized spacial score (nSPS) is 13.7. The van der Waals surface area contributed by atoms with Crippen molar-refractivity contribution in [2.45, 2.75) is 12.3 Å². The zero-order chi connectivity index (χ0) is 15.7. The van der Waals surface area contributed by atoms with Crippen LogP contribution in [0.5, 0.6) is 5.75 Å². The van der Waals surface area contributed by atoms with Gasteiger partial charge in [0.25, 0.3) is 0 Å². The Balaban J connectivity index is 2.21. The fourth-order valence-electron chi connectivity index (χ4n) is 2.73. The minimum Gasteiger partial charge on any atom is -0.508 e. The smallest absolute Gasteiger partial charge is 0.200 e. The molecule has 110 valence electrons. The fraction of sp³-hybridized carbons (Fsp3) is 0.105. The SMILES string of the molecule is CC(C(=O)S)(c1ccccc1)c1ccc2cc(O)ccc2c1. The van der Waals surface area contributed by atoms with Crippen molar-refractivity contribution < 1.29 is 9.90 Å². The molecule has 1 N–H and O–H groups in total. The molecule has 0 bridgehead atoms. The molecule has 3 aromatic rings. The Labute approximate surface area is 134 Å². The maximum Gasteiger partial charge on any atom is 0.200 e. The average Bonchev–Trinajstić information content (AvgIpc) is 2.54. The van der Waals surface area contributed by atoms with Gasteiger partial charge in [-0.3, -0.25) is 4.79 Å². The maximum absolute atomic E-state index is 12.3. The number of carbonyl (C=O) groups excluding carboxylic acids is 1. The number of carbonyl (C=O) groups is 1. The number of hydrogen-bond acceptors (Lipinski definition) is 2. The third-order valence-electron chi connectivity index (χ3n) is 4.18. The van der Waals surface area contributed by atoms with Gasteiger partial charge in [0.15, 0.2) is 0 Å². The Kier molecular flexibility index (Phi) is 3.67. The molecule has 0 radical (unpaired) electrons. The lowest BCUT2D eigenvalue weighted by atomic mass is 9.77. The quantitative estimate of drug-likeness (QED) is 0.708. The minimum absolute atomic E-state index is 0.197. The topological polar surface area (TPSA) is 37.3 Å². The van der Waals surface area contributed by atoms with Crippen LogP contribution in [0.15, 0.2) is 66.7 Å². The molecule has 2 nitrogen and oxygen atoms in total. The molecule has 0 aliphatic carbocycles. The van der Waals surface area contributed by atoms with E-state index < -0.39 is 5.41 Å². The lowest BCUT2D eigenvalue weighted by molar-refractivity contribution is -0.114. The fourth-order valence-corrected chi connectivity index (χ4v) is 2.99. The van der Waals surface area contributed by atoms with E-state index in [9.17, 15) is 9.90 Å². The molecule has 0 saturated heterocycles. The number of phenols is 1. The summed E-state index contributed by atoms with van der Waals surface area (Å²) in [6, 6.07) is 20.7. The molecule has 0 saturated carbocycles. The summed E-state index contributed by atoms with van der Waals surface area (Å²) < 4.78 is 0. The summed E-state index contributed by atoms with van der Waals surface area (Å²) in [6.45, 7) is 1.89. The number of fused-ring (bicyclic) bond motifs is 1. The molecule has 22 heavy (non-hydrogen) atoms. The number of benzene rings is 3. The highest BCUT2D eigenvalue weighted by Crippen LogP contribution is 2.36. The first-order chi connectivity index (χ1) is 10.5. The van der Waals surface area contributed by atoms with Gasteiger partial charge in [-0.15, -0.1) is 12.6 Å². The van der Waals surface area contributed by atoms with E-state index in [0.29, 0.717) is 0 Å². The number of aromatic hydroxyl groups is 1. The lowest BCUT2D eigenvalue weighted by Gasteiger charge is -2.27. The molecule has 3 rings (SSSR count). The van der Waals surface area contributed by atoms with E-state index in [2.05, 4.69) is 12.6 Å². The van der Waals surface area contributed by atoms with Gasteiger partial charge in [-0.2, -0.15) is 0 Å². The van der Waals surface area contributed by atoms with Gasteiger partial charge in [-0.25, -0.2) is 0 Å². The summed E-state index contributed by atoms with van der Waals surface area (Å²) >= 11 is 4.13. The van der Waals surface area contributed by atoms with Crippen LogP contribution in [-0.4, -0.2) is 10.2 Å². The van der Waals surface area contributed by atoms with Crippen molar-refractivity contribution in [1.82, 2.24) is 0 Å². The Morgan fingerprint density at radius 3 is 2.23 bits per heavy atom. The Bertz CT molecular complexity index is 842. The number of thiol groups is 1. The van der Waals surface area contributed by atoms with Crippen molar-refractivity contribution in [1.29, 1.82) is 0 Å². The number of phenolic OH excluding ortho intramolecular Hbond substituents is 1. The minimum atomic E-state index is -0.809. The monoisotopic (exact) mass is 308 g/mol. The van der Waals surface area contributed by atoms with Gasteiger partial charge in [0.2, 0.25) is 5.12 Å². The molecule has 1 atom stereocenters. The van der Waals surface area contributed by atoms with Crippen LogP contribution in [0.25, 0.3) is 10.8 Å². The van der Waals surface area contributed by atoms with E-state index in [1.807, 2.05) is 61.5 Å². The first kappa shape index (κ1) is 14.7.